The maximum absolute atomic E-state index is 11.1. The molecule has 0 N–H and O–H groups in total. The van der Waals surface area contributed by atoms with E-state index < -0.39 is 0 Å². The highest BCUT2D eigenvalue weighted by atomic mass is 16.1. The summed E-state index contributed by atoms with van der Waals surface area (Å²) < 4.78 is 0. The van der Waals surface area contributed by atoms with E-state index in [4.69, 9.17) is 0 Å². The van der Waals surface area contributed by atoms with Gasteiger partial charge in [0.15, 0.2) is 0 Å². The van der Waals surface area contributed by atoms with Gasteiger partial charge < -0.3 is 4.90 Å². The fraction of sp³-hybridized carbons (Fsp3) is 0.158. The van der Waals surface area contributed by atoms with Gasteiger partial charge in [0, 0.05) is 28.2 Å². The first kappa shape index (κ1) is 27.8. The van der Waals surface area contributed by atoms with Gasteiger partial charge in [-0.3, -0.25) is 9.59 Å². The number of benzene rings is 5. The topological polar surface area (TPSA) is 37.4 Å². The lowest BCUT2D eigenvalue weighted by Crippen LogP contribution is -2.10. The molecule has 204 valence electrons. The second-order valence-electron chi connectivity index (χ2n) is 10.4. The van der Waals surface area contributed by atoms with Crippen molar-refractivity contribution in [1.82, 2.24) is 0 Å². The molecule has 0 unspecified atom stereocenters. The molecule has 5 aromatic carbocycles. The molecule has 5 aromatic rings. The van der Waals surface area contributed by atoms with E-state index in [-0.39, 0.29) is 0 Å². The Kier molecular flexibility index (Phi) is 9.18. The number of aldehydes is 2. The average Bonchev–Trinajstić information content (AvgIpc) is 3.05. The molecule has 41 heavy (non-hydrogen) atoms. The van der Waals surface area contributed by atoms with Crippen molar-refractivity contribution in [2.45, 2.75) is 39.0 Å². The third-order valence-electron chi connectivity index (χ3n) is 7.52. The van der Waals surface area contributed by atoms with Crippen LogP contribution in [0.3, 0.4) is 0 Å². The van der Waals surface area contributed by atoms with Crippen LogP contribution in [-0.2, 0) is 6.42 Å². The molecule has 0 radical (unpaired) electrons. The van der Waals surface area contributed by atoms with Gasteiger partial charge in [-0.1, -0.05) is 111 Å². The first-order chi connectivity index (χ1) is 20.2. The van der Waals surface area contributed by atoms with Crippen molar-refractivity contribution in [1.29, 1.82) is 0 Å². The number of nitrogens with zero attached hydrogens (tertiary/aromatic N) is 1. The summed E-state index contributed by atoms with van der Waals surface area (Å²) >= 11 is 0. The number of carbonyl (C=O) groups excluding carboxylic acids is 2. The molecule has 0 fully saturated rings. The minimum Gasteiger partial charge on any atom is -0.311 e. The van der Waals surface area contributed by atoms with Gasteiger partial charge in [0.05, 0.1) is 0 Å². The maximum Gasteiger partial charge on any atom is 0.150 e. The van der Waals surface area contributed by atoms with E-state index in [9.17, 15) is 9.59 Å². The largest absolute Gasteiger partial charge is 0.311 e. The number of hydrogen-bond acceptors (Lipinski definition) is 3. The van der Waals surface area contributed by atoms with E-state index in [1.807, 2.05) is 48.5 Å². The predicted molar refractivity (Wildman–Crippen MR) is 171 cm³/mol. The Labute approximate surface area is 243 Å². The summed E-state index contributed by atoms with van der Waals surface area (Å²) in [5.74, 6) is 0. The van der Waals surface area contributed by atoms with Gasteiger partial charge in [-0.25, -0.2) is 0 Å². The molecule has 0 amide bonds. The van der Waals surface area contributed by atoms with E-state index >= 15 is 0 Å². The number of aryl methyl sites for hydroxylation is 1. The molecule has 0 saturated carbocycles. The minimum absolute atomic E-state index is 0.675. The Morgan fingerprint density at radius 3 is 1.20 bits per heavy atom. The fourth-order valence-electron chi connectivity index (χ4n) is 5.13. The van der Waals surface area contributed by atoms with Crippen LogP contribution in [0.5, 0.6) is 0 Å². The van der Waals surface area contributed by atoms with Crippen LogP contribution in [0.25, 0.3) is 22.3 Å². The van der Waals surface area contributed by atoms with Crippen molar-refractivity contribution >= 4 is 29.6 Å². The molecular formula is C38H35NO2. The first-order valence-electron chi connectivity index (χ1n) is 14.4. The van der Waals surface area contributed by atoms with Gasteiger partial charge in [0.25, 0.3) is 0 Å². The van der Waals surface area contributed by atoms with E-state index in [1.165, 1.54) is 31.2 Å². The summed E-state index contributed by atoms with van der Waals surface area (Å²) in [7, 11) is 0. The molecule has 5 rings (SSSR count). The zero-order valence-electron chi connectivity index (χ0n) is 23.5. The molecular weight excluding hydrogens is 502 g/mol. The molecule has 0 aliphatic carbocycles. The van der Waals surface area contributed by atoms with Crippen LogP contribution in [0.1, 0.15) is 58.9 Å². The summed E-state index contributed by atoms with van der Waals surface area (Å²) in [6.07, 6.45) is 7.88. The van der Waals surface area contributed by atoms with Crippen molar-refractivity contribution < 1.29 is 9.59 Å². The minimum atomic E-state index is 0.675. The highest BCUT2D eigenvalue weighted by Gasteiger charge is 2.13. The van der Waals surface area contributed by atoms with Crippen LogP contribution in [0.2, 0.25) is 0 Å². The highest BCUT2D eigenvalue weighted by molar-refractivity contribution is 5.81. The lowest BCUT2D eigenvalue weighted by molar-refractivity contribution is 0.111. The van der Waals surface area contributed by atoms with E-state index in [1.54, 1.807) is 0 Å². The number of rotatable bonds is 12. The quantitative estimate of drug-likeness (QED) is 0.117. The lowest BCUT2D eigenvalue weighted by Gasteiger charge is -2.26. The summed E-state index contributed by atoms with van der Waals surface area (Å²) in [5, 5.41) is 0. The highest BCUT2D eigenvalue weighted by Crippen LogP contribution is 2.37. The van der Waals surface area contributed by atoms with Crippen molar-refractivity contribution in [3.63, 3.8) is 0 Å². The number of anilines is 3. The Bertz CT molecular complexity index is 1460. The molecule has 0 aliphatic rings. The van der Waals surface area contributed by atoms with Crippen LogP contribution in [-0.4, -0.2) is 12.6 Å². The number of unbranched alkanes of at least 4 members (excludes halogenated alkanes) is 3. The molecule has 0 saturated heterocycles. The van der Waals surface area contributed by atoms with Crippen LogP contribution in [0.4, 0.5) is 17.1 Å². The summed E-state index contributed by atoms with van der Waals surface area (Å²) in [6.45, 7) is 2.25. The zero-order valence-corrected chi connectivity index (χ0v) is 23.5. The Hall–Kier alpha value is -4.76. The Morgan fingerprint density at radius 2 is 0.829 bits per heavy atom. The molecule has 0 atom stereocenters. The van der Waals surface area contributed by atoms with Crippen molar-refractivity contribution in [2.24, 2.45) is 0 Å². The van der Waals surface area contributed by atoms with Crippen LogP contribution < -0.4 is 4.90 Å². The van der Waals surface area contributed by atoms with E-state index in [2.05, 4.69) is 84.6 Å². The van der Waals surface area contributed by atoms with Gasteiger partial charge in [0.2, 0.25) is 0 Å². The maximum atomic E-state index is 11.1. The fourth-order valence-corrected chi connectivity index (χ4v) is 5.13. The van der Waals surface area contributed by atoms with Gasteiger partial charge in [0.1, 0.15) is 12.6 Å². The second kappa shape index (κ2) is 13.5. The van der Waals surface area contributed by atoms with E-state index in [0.29, 0.717) is 11.1 Å². The molecule has 0 aromatic heterocycles. The summed E-state index contributed by atoms with van der Waals surface area (Å²) in [4.78, 5) is 24.4. The van der Waals surface area contributed by atoms with E-state index in [0.717, 1.165) is 58.3 Å². The molecule has 0 aliphatic heterocycles. The standard InChI is InChI=1S/C38H35NO2/c1-2-3-4-5-6-29-11-21-36(22-12-29)39(37-23-17-34(18-24-37)32-13-7-30(27-40)8-14-32)38-25-19-35(20-26-38)33-15-9-31(28-41)10-16-33/h7-28H,2-6H2,1H3. The monoisotopic (exact) mass is 537 g/mol. The van der Waals surface area contributed by atoms with Gasteiger partial charge >= 0.3 is 0 Å². The molecule has 0 spiro atoms. The van der Waals surface area contributed by atoms with Crippen molar-refractivity contribution in [3.05, 3.63) is 138 Å². The Balaban J connectivity index is 1.45. The van der Waals surface area contributed by atoms with Crippen LogP contribution in [0.15, 0.2) is 121 Å². The van der Waals surface area contributed by atoms with Crippen LogP contribution in [0, 0.1) is 0 Å². The number of carbonyl (C=O) groups is 2. The SMILES string of the molecule is CCCCCCc1ccc(N(c2ccc(-c3ccc(C=O)cc3)cc2)c2ccc(-c3ccc(C=O)cc3)cc2)cc1. The van der Waals surface area contributed by atoms with Gasteiger partial charge in [-0.05, 0) is 77.1 Å². The second-order valence-corrected chi connectivity index (χ2v) is 10.4. The van der Waals surface area contributed by atoms with Crippen molar-refractivity contribution in [3.8, 4) is 22.3 Å². The summed E-state index contributed by atoms with van der Waals surface area (Å²) in [5.41, 5.74) is 10.3. The lowest BCUT2D eigenvalue weighted by atomic mass is 10.0. The molecule has 0 bridgehead atoms. The van der Waals surface area contributed by atoms with Gasteiger partial charge in [-0.2, -0.15) is 0 Å². The molecule has 3 heteroatoms. The average molecular weight is 538 g/mol. The van der Waals surface area contributed by atoms with Crippen molar-refractivity contribution in [2.75, 3.05) is 4.90 Å². The third-order valence-corrected chi connectivity index (χ3v) is 7.52. The Morgan fingerprint density at radius 1 is 0.463 bits per heavy atom. The zero-order chi connectivity index (χ0) is 28.4. The summed E-state index contributed by atoms with van der Waals surface area (Å²) in [6, 6.07) is 41.4. The first-order valence-corrected chi connectivity index (χ1v) is 14.4. The predicted octanol–water partition coefficient (Wildman–Crippen LogP) is 10.2. The normalized spacial score (nSPS) is 10.8. The third kappa shape index (κ3) is 6.88. The molecule has 0 heterocycles. The number of hydrogen-bond donors (Lipinski definition) is 0. The molecule has 3 nitrogen and oxygen atoms in total. The van der Waals surface area contributed by atoms with Gasteiger partial charge in [-0.15, -0.1) is 0 Å². The van der Waals surface area contributed by atoms with Crippen LogP contribution >= 0.6 is 0 Å². The smallest absolute Gasteiger partial charge is 0.150 e.